The maximum absolute atomic E-state index is 11.8. The predicted octanol–water partition coefficient (Wildman–Crippen LogP) is 3.08. The molecule has 0 aliphatic carbocycles. The minimum Gasteiger partial charge on any atom is -0.338 e. The van der Waals surface area contributed by atoms with Crippen molar-refractivity contribution in [2.24, 2.45) is 0 Å². The van der Waals surface area contributed by atoms with Gasteiger partial charge in [-0.15, -0.1) is 0 Å². The molecule has 0 atom stereocenters. The highest BCUT2D eigenvalue weighted by atomic mass is 28.3. The molecule has 0 saturated heterocycles. The SMILES string of the molecule is C=CC(=O)N(Cc1ccccc1)C[Si](C)(C)C. The van der Waals surface area contributed by atoms with Crippen molar-refractivity contribution < 1.29 is 4.79 Å². The molecule has 0 heterocycles. The van der Waals surface area contributed by atoms with Crippen LogP contribution < -0.4 is 0 Å². The van der Waals surface area contributed by atoms with Crippen LogP contribution in [-0.2, 0) is 11.3 Å². The molecule has 0 aliphatic rings. The van der Waals surface area contributed by atoms with Crippen LogP contribution in [0.1, 0.15) is 5.56 Å². The lowest BCUT2D eigenvalue weighted by atomic mass is 10.2. The molecule has 1 aromatic carbocycles. The molecule has 0 radical (unpaired) electrons. The zero-order chi connectivity index (χ0) is 12.9. The number of hydrogen-bond acceptors (Lipinski definition) is 1. The van der Waals surface area contributed by atoms with E-state index in [0.717, 1.165) is 6.17 Å². The van der Waals surface area contributed by atoms with Crippen molar-refractivity contribution in [3.63, 3.8) is 0 Å². The predicted molar refractivity (Wildman–Crippen MR) is 75.4 cm³/mol. The molecule has 0 saturated carbocycles. The summed E-state index contributed by atoms with van der Waals surface area (Å²) in [5.41, 5.74) is 1.17. The Bertz CT molecular complexity index is 381. The molecule has 17 heavy (non-hydrogen) atoms. The second kappa shape index (κ2) is 5.82. The van der Waals surface area contributed by atoms with Gasteiger partial charge >= 0.3 is 0 Å². The van der Waals surface area contributed by atoms with Crippen LogP contribution in [-0.4, -0.2) is 25.0 Å². The zero-order valence-electron chi connectivity index (χ0n) is 10.9. The Labute approximate surface area is 105 Å². The number of rotatable bonds is 5. The Balaban J connectivity index is 2.78. The number of hydrogen-bond donors (Lipinski definition) is 0. The van der Waals surface area contributed by atoms with Gasteiger partial charge in [0.05, 0.1) is 8.07 Å². The monoisotopic (exact) mass is 247 g/mol. The van der Waals surface area contributed by atoms with Crippen LogP contribution in [0, 0.1) is 0 Å². The molecule has 0 unspecified atom stereocenters. The smallest absolute Gasteiger partial charge is 0.245 e. The van der Waals surface area contributed by atoms with Crippen LogP contribution in [0.4, 0.5) is 0 Å². The van der Waals surface area contributed by atoms with Gasteiger partial charge in [0.25, 0.3) is 0 Å². The van der Waals surface area contributed by atoms with Crippen molar-refractivity contribution in [3.05, 3.63) is 48.6 Å². The first-order chi connectivity index (χ1) is 7.92. The van der Waals surface area contributed by atoms with Gasteiger partial charge in [0.2, 0.25) is 5.91 Å². The highest BCUT2D eigenvalue weighted by Gasteiger charge is 2.21. The summed E-state index contributed by atoms with van der Waals surface area (Å²) in [6.45, 7) is 11.0. The lowest BCUT2D eigenvalue weighted by Crippen LogP contribution is -2.42. The minimum absolute atomic E-state index is 0.0243. The molecule has 0 aromatic heterocycles. The average molecular weight is 247 g/mol. The fourth-order valence-electron chi connectivity index (χ4n) is 1.72. The molecule has 2 nitrogen and oxygen atoms in total. The highest BCUT2D eigenvalue weighted by molar-refractivity contribution is 6.76. The maximum Gasteiger partial charge on any atom is 0.245 e. The Morgan fingerprint density at radius 2 is 1.88 bits per heavy atom. The molecule has 1 amide bonds. The van der Waals surface area contributed by atoms with Crippen LogP contribution >= 0.6 is 0 Å². The summed E-state index contributed by atoms with van der Waals surface area (Å²) in [5, 5.41) is 0. The van der Waals surface area contributed by atoms with Crippen LogP contribution in [0.5, 0.6) is 0 Å². The number of carbonyl (C=O) groups excluding carboxylic acids is 1. The van der Waals surface area contributed by atoms with E-state index in [2.05, 4.69) is 26.2 Å². The second-order valence-corrected chi connectivity index (χ2v) is 10.9. The molecule has 1 aromatic rings. The summed E-state index contributed by atoms with van der Waals surface area (Å²) in [6.07, 6.45) is 2.27. The Kier molecular flexibility index (Phi) is 4.69. The van der Waals surface area contributed by atoms with E-state index in [0.29, 0.717) is 6.54 Å². The van der Waals surface area contributed by atoms with E-state index in [1.165, 1.54) is 11.6 Å². The summed E-state index contributed by atoms with van der Waals surface area (Å²) in [4.78, 5) is 13.7. The van der Waals surface area contributed by atoms with Gasteiger partial charge in [-0.05, 0) is 11.6 Å². The summed E-state index contributed by atoms with van der Waals surface area (Å²) >= 11 is 0. The average Bonchev–Trinajstić information content (AvgIpc) is 2.27. The standard InChI is InChI=1S/C14H21NOSi/c1-5-14(16)15(12-17(2,3)4)11-13-9-7-6-8-10-13/h5-10H,1,11-12H2,2-4H3. The summed E-state index contributed by atoms with van der Waals surface area (Å²) in [6, 6.07) is 10.1. The first-order valence-electron chi connectivity index (χ1n) is 5.87. The van der Waals surface area contributed by atoms with Crippen LogP contribution in [0.3, 0.4) is 0 Å². The van der Waals surface area contributed by atoms with Crippen LogP contribution in [0.15, 0.2) is 43.0 Å². The molecule has 0 bridgehead atoms. The van der Waals surface area contributed by atoms with Gasteiger partial charge in [-0.1, -0.05) is 56.6 Å². The minimum atomic E-state index is -1.30. The van der Waals surface area contributed by atoms with Crippen LogP contribution in [0.2, 0.25) is 19.6 Å². The lowest BCUT2D eigenvalue weighted by molar-refractivity contribution is -0.125. The molecule has 0 fully saturated rings. The molecule has 0 spiro atoms. The summed E-state index contributed by atoms with van der Waals surface area (Å²) in [7, 11) is -1.30. The van der Waals surface area contributed by atoms with Gasteiger partial charge < -0.3 is 4.90 Å². The summed E-state index contributed by atoms with van der Waals surface area (Å²) < 4.78 is 0. The second-order valence-electron chi connectivity index (χ2n) is 5.44. The van der Waals surface area contributed by atoms with Gasteiger partial charge in [-0.3, -0.25) is 4.79 Å². The number of benzene rings is 1. The zero-order valence-corrected chi connectivity index (χ0v) is 11.9. The molecule has 0 aliphatic heterocycles. The number of amides is 1. The van der Waals surface area contributed by atoms with Crippen molar-refractivity contribution >= 4 is 14.0 Å². The third-order valence-corrected chi connectivity index (χ3v) is 3.70. The maximum atomic E-state index is 11.8. The van der Waals surface area contributed by atoms with E-state index in [1.54, 1.807) is 0 Å². The van der Waals surface area contributed by atoms with E-state index in [9.17, 15) is 4.79 Å². The van der Waals surface area contributed by atoms with E-state index < -0.39 is 8.07 Å². The van der Waals surface area contributed by atoms with Gasteiger partial charge in [0.1, 0.15) is 0 Å². The molecule has 1 rings (SSSR count). The normalized spacial score (nSPS) is 11.0. The molecule has 3 heteroatoms. The van der Waals surface area contributed by atoms with E-state index in [4.69, 9.17) is 0 Å². The molecular weight excluding hydrogens is 226 g/mol. The topological polar surface area (TPSA) is 20.3 Å². The fourth-order valence-corrected chi connectivity index (χ4v) is 3.13. The largest absolute Gasteiger partial charge is 0.338 e. The molecule has 92 valence electrons. The Morgan fingerprint density at radius 3 is 2.35 bits per heavy atom. The van der Waals surface area contributed by atoms with Gasteiger partial charge in [-0.25, -0.2) is 0 Å². The van der Waals surface area contributed by atoms with Crippen LogP contribution in [0.25, 0.3) is 0 Å². The quantitative estimate of drug-likeness (QED) is 0.578. The third kappa shape index (κ3) is 5.00. The Hall–Kier alpha value is -1.35. The molecule has 0 N–H and O–H groups in total. The number of nitrogens with zero attached hydrogens (tertiary/aromatic N) is 1. The Morgan fingerprint density at radius 1 is 1.29 bits per heavy atom. The van der Waals surface area contributed by atoms with Crippen molar-refractivity contribution in [1.29, 1.82) is 0 Å². The highest BCUT2D eigenvalue weighted by Crippen LogP contribution is 2.10. The number of carbonyl (C=O) groups is 1. The van der Waals surface area contributed by atoms with E-state index in [1.807, 2.05) is 35.2 Å². The van der Waals surface area contributed by atoms with Gasteiger partial charge in [0, 0.05) is 12.7 Å². The van der Waals surface area contributed by atoms with Gasteiger partial charge in [-0.2, -0.15) is 0 Å². The van der Waals surface area contributed by atoms with E-state index in [-0.39, 0.29) is 5.91 Å². The van der Waals surface area contributed by atoms with Crippen molar-refractivity contribution in [1.82, 2.24) is 4.90 Å². The first kappa shape index (κ1) is 13.7. The summed E-state index contributed by atoms with van der Waals surface area (Å²) in [5.74, 6) is 0.0243. The fraction of sp³-hybridized carbons (Fsp3) is 0.357. The van der Waals surface area contributed by atoms with Crippen molar-refractivity contribution in [2.75, 3.05) is 6.17 Å². The van der Waals surface area contributed by atoms with Gasteiger partial charge in [0.15, 0.2) is 0 Å². The van der Waals surface area contributed by atoms with E-state index >= 15 is 0 Å². The first-order valence-corrected chi connectivity index (χ1v) is 9.58. The molecular formula is C14H21NOSi. The lowest BCUT2D eigenvalue weighted by Gasteiger charge is -2.28. The van der Waals surface area contributed by atoms with Crippen molar-refractivity contribution in [2.45, 2.75) is 26.2 Å². The third-order valence-electron chi connectivity index (χ3n) is 2.37. The van der Waals surface area contributed by atoms with Crippen molar-refractivity contribution in [3.8, 4) is 0 Å².